The Morgan fingerprint density at radius 2 is 2.00 bits per heavy atom. The summed E-state index contributed by atoms with van der Waals surface area (Å²) < 4.78 is 5.89. The van der Waals surface area contributed by atoms with E-state index in [9.17, 15) is 0 Å². The van der Waals surface area contributed by atoms with Crippen molar-refractivity contribution >= 4 is 18.1 Å². The van der Waals surface area contributed by atoms with E-state index >= 15 is 0 Å². The van der Waals surface area contributed by atoms with Crippen molar-refractivity contribution in [1.82, 2.24) is 9.88 Å². The average molecular weight is 376 g/mol. The molecule has 2 aromatic rings. The van der Waals surface area contributed by atoms with Crippen LogP contribution in [0, 0.1) is 5.41 Å². The average Bonchev–Trinajstić information content (AvgIpc) is 3.04. The maximum atomic E-state index is 5.89. The number of ether oxygens (including phenoxy) is 1. The lowest BCUT2D eigenvalue weighted by molar-refractivity contribution is 0.0582. The molecule has 0 radical (unpaired) electrons. The zero-order chi connectivity index (χ0) is 17.5. The zero-order valence-electron chi connectivity index (χ0n) is 15.8. The Morgan fingerprint density at radius 3 is 2.69 bits per heavy atom. The second-order valence-corrected chi connectivity index (χ2v) is 7.15. The number of hydrogen-bond acceptors (Lipinski definition) is 4. The fourth-order valence-corrected chi connectivity index (χ4v) is 3.80. The van der Waals surface area contributed by atoms with Crippen molar-refractivity contribution in [3.05, 3.63) is 60.4 Å². The topological polar surface area (TPSA) is 28.6 Å². The van der Waals surface area contributed by atoms with Crippen LogP contribution in [0.15, 0.2) is 54.9 Å². The first-order chi connectivity index (χ1) is 12.2. The number of anilines is 1. The summed E-state index contributed by atoms with van der Waals surface area (Å²) in [4.78, 5) is 9.15. The lowest BCUT2D eigenvalue weighted by Gasteiger charge is -2.34. The molecule has 0 N–H and O–H groups in total. The number of para-hydroxylation sites is 1. The highest BCUT2D eigenvalue weighted by Crippen LogP contribution is 2.34. The zero-order valence-corrected chi connectivity index (χ0v) is 16.6. The smallest absolute Gasteiger partial charge is 0.0552 e. The molecule has 0 saturated carbocycles. The van der Waals surface area contributed by atoms with Gasteiger partial charge in [-0.2, -0.15) is 0 Å². The van der Waals surface area contributed by atoms with Gasteiger partial charge in [0.2, 0.25) is 0 Å². The molecule has 0 spiro atoms. The van der Waals surface area contributed by atoms with E-state index < -0.39 is 0 Å². The molecule has 0 bridgehead atoms. The van der Waals surface area contributed by atoms with E-state index in [0.29, 0.717) is 0 Å². The van der Waals surface area contributed by atoms with E-state index in [1.807, 2.05) is 18.5 Å². The molecule has 1 aliphatic rings. The van der Waals surface area contributed by atoms with Crippen LogP contribution in [0.5, 0.6) is 0 Å². The molecule has 4 nitrogen and oxygen atoms in total. The Labute approximate surface area is 163 Å². The minimum atomic E-state index is 0. The molecule has 2 heterocycles. The first-order valence-corrected chi connectivity index (χ1v) is 9.16. The monoisotopic (exact) mass is 375 g/mol. The predicted octanol–water partition coefficient (Wildman–Crippen LogP) is 3.87. The van der Waals surface area contributed by atoms with E-state index in [2.05, 4.69) is 65.2 Å². The van der Waals surface area contributed by atoms with Crippen LogP contribution in [-0.2, 0) is 11.3 Å². The highest BCUT2D eigenvalue weighted by atomic mass is 35.5. The Bertz CT molecular complexity index is 640. The lowest BCUT2D eigenvalue weighted by Crippen LogP contribution is -2.41. The largest absolute Gasteiger partial charge is 0.381 e. The first kappa shape index (κ1) is 20.7. The Balaban J connectivity index is 0.00000243. The summed E-state index contributed by atoms with van der Waals surface area (Å²) in [5.74, 6) is 0. The molecular formula is C21H30ClN3O. The number of hydrogen-bond donors (Lipinski definition) is 0. The van der Waals surface area contributed by atoms with Crippen molar-refractivity contribution in [2.45, 2.75) is 19.9 Å². The molecule has 5 heteroatoms. The van der Waals surface area contributed by atoms with Gasteiger partial charge in [-0.25, -0.2) is 0 Å². The van der Waals surface area contributed by atoms with Gasteiger partial charge in [-0.3, -0.25) is 9.88 Å². The summed E-state index contributed by atoms with van der Waals surface area (Å²) in [7, 11) is 2.19. The number of rotatable bonds is 8. The quantitative estimate of drug-likeness (QED) is 0.700. The molecule has 1 aliphatic heterocycles. The van der Waals surface area contributed by atoms with Crippen LogP contribution < -0.4 is 4.90 Å². The van der Waals surface area contributed by atoms with E-state index in [4.69, 9.17) is 4.74 Å². The summed E-state index contributed by atoms with van der Waals surface area (Å²) in [5, 5.41) is 0. The highest BCUT2D eigenvalue weighted by Gasteiger charge is 2.39. The number of nitrogens with zero attached hydrogens (tertiary/aromatic N) is 3. The van der Waals surface area contributed by atoms with Crippen LogP contribution in [0.25, 0.3) is 0 Å². The number of likely N-dealkylation sites (tertiary alicyclic amines) is 1. The van der Waals surface area contributed by atoms with E-state index in [1.165, 1.54) is 17.7 Å². The van der Waals surface area contributed by atoms with Crippen molar-refractivity contribution in [2.24, 2.45) is 5.41 Å². The molecule has 1 atom stereocenters. The fourth-order valence-electron chi connectivity index (χ4n) is 3.80. The van der Waals surface area contributed by atoms with Crippen molar-refractivity contribution < 1.29 is 4.74 Å². The molecule has 1 saturated heterocycles. The number of aromatic nitrogens is 1. The third kappa shape index (κ3) is 5.44. The van der Waals surface area contributed by atoms with Gasteiger partial charge in [0.05, 0.1) is 6.61 Å². The number of halogens is 1. The van der Waals surface area contributed by atoms with Crippen molar-refractivity contribution in [2.75, 3.05) is 44.8 Å². The van der Waals surface area contributed by atoms with Crippen molar-refractivity contribution in [3.8, 4) is 0 Å². The SMILES string of the molecule is CCOC[C@@]1(CN(C)c2ccccc2)CCN(Cc2cccnc2)C1.Cl. The van der Waals surface area contributed by atoms with E-state index in [-0.39, 0.29) is 17.8 Å². The maximum Gasteiger partial charge on any atom is 0.0552 e. The van der Waals surface area contributed by atoms with Crippen LogP contribution in [0.1, 0.15) is 18.9 Å². The molecule has 1 fully saturated rings. The standard InChI is InChI=1S/C21H29N3O.ClH/c1-3-25-18-21(16-23(2)20-9-5-4-6-10-20)11-13-24(17-21)15-19-8-7-12-22-14-19;/h4-10,12,14H,3,11,13,15-18H2,1-2H3;1H/t21-;/m1./s1. The van der Waals surface area contributed by atoms with E-state index in [1.54, 1.807) is 0 Å². The fraction of sp³-hybridized carbons (Fsp3) is 0.476. The summed E-state index contributed by atoms with van der Waals surface area (Å²) in [6.45, 7) is 7.85. The highest BCUT2D eigenvalue weighted by molar-refractivity contribution is 5.85. The summed E-state index contributed by atoms with van der Waals surface area (Å²) in [6, 6.07) is 14.8. The van der Waals surface area contributed by atoms with Gasteiger partial charge in [-0.05, 0) is 43.7 Å². The normalized spacial score (nSPS) is 19.9. The molecule has 0 aliphatic carbocycles. The molecule has 0 amide bonds. The first-order valence-electron chi connectivity index (χ1n) is 9.16. The third-order valence-corrected chi connectivity index (χ3v) is 5.03. The molecule has 0 unspecified atom stereocenters. The van der Waals surface area contributed by atoms with Gasteiger partial charge in [0.25, 0.3) is 0 Å². The van der Waals surface area contributed by atoms with Gasteiger partial charge in [-0.15, -0.1) is 12.4 Å². The Morgan fingerprint density at radius 1 is 1.19 bits per heavy atom. The second-order valence-electron chi connectivity index (χ2n) is 7.15. The molecular weight excluding hydrogens is 346 g/mol. The van der Waals surface area contributed by atoms with Crippen molar-refractivity contribution in [3.63, 3.8) is 0 Å². The van der Waals surface area contributed by atoms with Crippen LogP contribution in [0.3, 0.4) is 0 Å². The van der Waals surface area contributed by atoms with Gasteiger partial charge in [0, 0.05) is 56.8 Å². The molecule has 1 aromatic carbocycles. The summed E-state index contributed by atoms with van der Waals surface area (Å²) in [6.07, 6.45) is 4.98. The molecule has 3 rings (SSSR count). The Hall–Kier alpha value is -1.62. The van der Waals surface area contributed by atoms with Gasteiger partial charge < -0.3 is 9.64 Å². The van der Waals surface area contributed by atoms with Gasteiger partial charge in [0.15, 0.2) is 0 Å². The van der Waals surface area contributed by atoms with Crippen LogP contribution in [0.4, 0.5) is 5.69 Å². The lowest BCUT2D eigenvalue weighted by atomic mass is 9.87. The minimum absolute atomic E-state index is 0. The molecule has 26 heavy (non-hydrogen) atoms. The number of benzene rings is 1. The molecule has 1 aromatic heterocycles. The van der Waals surface area contributed by atoms with Crippen LogP contribution in [0.2, 0.25) is 0 Å². The second kappa shape index (κ2) is 9.91. The van der Waals surface area contributed by atoms with Crippen molar-refractivity contribution in [1.29, 1.82) is 0 Å². The van der Waals surface area contributed by atoms with Crippen LogP contribution in [-0.4, -0.2) is 49.8 Å². The van der Waals surface area contributed by atoms with Gasteiger partial charge >= 0.3 is 0 Å². The third-order valence-electron chi connectivity index (χ3n) is 5.03. The maximum absolute atomic E-state index is 5.89. The van der Waals surface area contributed by atoms with Gasteiger partial charge in [-0.1, -0.05) is 24.3 Å². The summed E-state index contributed by atoms with van der Waals surface area (Å²) >= 11 is 0. The van der Waals surface area contributed by atoms with Crippen LogP contribution >= 0.6 is 12.4 Å². The van der Waals surface area contributed by atoms with E-state index in [0.717, 1.165) is 39.4 Å². The summed E-state index contributed by atoms with van der Waals surface area (Å²) in [5.41, 5.74) is 2.73. The Kier molecular flexibility index (Phi) is 7.88. The van der Waals surface area contributed by atoms with Gasteiger partial charge in [0.1, 0.15) is 0 Å². The molecule has 142 valence electrons. The number of pyridine rings is 1. The minimum Gasteiger partial charge on any atom is -0.381 e. The predicted molar refractivity (Wildman–Crippen MR) is 110 cm³/mol.